The number of carbonyl (C=O) groups excluding carboxylic acids is 1. The summed E-state index contributed by atoms with van der Waals surface area (Å²) in [4.78, 5) is 13.5. The summed E-state index contributed by atoms with van der Waals surface area (Å²) in [6.07, 6.45) is 0.922. The third kappa shape index (κ3) is 3.29. The SMILES string of the molecule is CN(CC1(O)CCOCC1)C(=O)c1cccc(Cl)c1F. The average molecular weight is 302 g/mol. The molecule has 1 heterocycles. The van der Waals surface area contributed by atoms with E-state index in [1.807, 2.05) is 0 Å². The van der Waals surface area contributed by atoms with Gasteiger partial charge in [0, 0.05) is 39.6 Å². The molecule has 0 spiro atoms. The maximum absolute atomic E-state index is 13.8. The highest BCUT2D eigenvalue weighted by molar-refractivity contribution is 6.31. The number of likely N-dealkylation sites (N-methyl/N-ethyl adjacent to an activating group) is 1. The van der Waals surface area contributed by atoms with Gasteiger partial charge < -0.3 is 14.7 Å². The van der Waals surface area contributed by atoms with Gasteiger partial charge in [-0.25, -0.2) is 4.39 Å². The molecule has 1 aromatic rings. The summed E-state index contributed by atoms with van der Waals surface area (Å²) in [5.41, 5.74) is -1.06. The van der Waals surface area contributed by atoms with E-state index in [0.717, 1.165) is 0 Å². The Bertz CT molecular complexity index is 503. The van der Waals surface area contributed by atoms with Gasteiger partial charge in [-0.3, -0.25) is 4.79 Å². The fraction of sp³-hybridized carbons (Fsp3) is 0.500. The zero-order valence-electron chi connectivity index (χ0n) is 11.2. The molecule has 1 fully saturated rings. The first-order chi connectivity index (χ1) is 9.43. The van der Waals surface area contributed by atoms with E-state index in [-0.39, 0.29) is 17.1 Å². The molecule has 0 saturated carbocycles. The molecule has 2 rings (SSSR count). The van der Waals surface area contributed by atoms with Crippen molar-refractivity contribution in [1.29, 1.82) is 0 Å². The van der Waals surface area contributed by atoms with Crippen molar-refractivity contribution in [2.24, 2.45) is 0 Å². The summed E-state index contributed by atoms with van der Waals surface area (Å²) < 4.78 is 19.0. The average Bonchev–Trinajstić information content (AvgIpc) is 2.41. The van der Waals surface area contributed by atoms with E-state index in [2.05, 4.69) is 0 Å². The highest BCUT2D eigenvalue weighted by Crippen LogP contribution is 2.23. The van der Waals surface area contributed by atoms with E-state index in [4.69, 9.17) is 16.3 Å². The van der Waals surface area contributed by atoms with Crippen LogP contribution < -0.4 is 0 Å². The summed E-state index contributed by atoms with van der Waals surface area (Å²) >= 11 is 5.67. The molecular weight excluding hydrogens is 285 g/mol. The number of rotatable bonds is 3. The molecular formula is C14H17ClFNO3. The van der Waals surface area contributed by atoms with E-state index in [9.17, 15) is 14.3 Å². The summed E-state index contributed by atoms with van der Waals surface area (Å²) in [7, 11) is 1.54. The maximum atomic E-state index is 13.8. The third-order valence-electron chi connectivity index (χ3n) is 3.48. The number of carbonyl (C=O) groups is 1. The van der Waals surface area contributed by atoms with Crippen molar-refractivity contribution < 1.29 is 19.0 Å². The van der Waals surface area contributed by atoms with Crippen LogP contribution in [-0.4, -0.2) is 48.3 Å². The van der Waals surface area contributed by atoms with Crippen LogP contribution in [0.25, 0.3) is 0 Å². The van der Waals surface area contributed by atoms with Crippen LogP contribution in [-0.2, 0) is 4.74 Å². The summed E-state index contributed by atoms with van der Waals surface area (Å²) in [6, 6.07) is 4.30. The molecule has 0 radical (unpaired) electrons. The van der Waals surface area contributed by atoms with E-state index < -0.39 is 17.3 Å². The van der Waals surface area contributed by atoms with Gasteiger partial charge in [-0.05, 0) is 12.1 Å². The zero-order valence-corrected chi connectivity index (χ0v) is 12.0. The molecule has 1 aliphatic rings. The highest BCUT2D eigenvalue weighted by Gasteiger charge is 2.33. The molecule has 20 heavy (non-hydrogen) atoms. The molecule has 110 valence electrons. The molecule has 0 bridgehead atoms. The molecule has 1 aliphatic heterocycles. The molecule has 1 aromatic carbocycles. The Morgan fingerprint density at radius 3 is 2.80 bits per heavy atom. The monoisotopic (exact) mass is 301 g/mol. The summed E-state index contributed by atoms with van der Waals surface area (Å²) in [5, 5.41) is 10.3. The van der Waals surface area contributed by atoms with E-state index in [1.165, 1.54) is 30.1 Å². The number of hydrogen-bond donors (Lipinski definition) is 1. The van der Waals surface area contributed by atoms with Gasteiger partial charge in [0.25, 0.3) is 5.91 Å². The third-order valence-corrected chi connectivity index (χ3v) is 3.78. The Kier molecular flexibility index (Phi) is 4.62. The second kappa shape index (κ2) is 6.08. The van der Waals surface area contributed by atoms with Crippen molar-refractivity contribution in [2.45, 2.75) is 18.4 Å². The van der Waals surface area contributed by atoms with E-state index in [1.54, 1.807) is 0 Å². The largest absolute Gasteiger partial charge is 0.388 e. The molecule has 4 nitrogen and oxygen atoms in total. The van der Waals surface area contributed by atoms with E-state index >= 15 is 0 Å². The molecule has 1 N–H and O–H groups in total. The topological polar surface area (TPSA) is 49.8 Å². The Labute approximate surface area is 122 Å². The van der Waals surface area contributed by atoms with E-state index in [0.29, 0.717) is 26.1 Å². The lowest BCUT2D eigenvalue weighted by Crippen LogP contribution is -2.47. The van der Waals surface area contributed by atoms with Crippen molar-refractivity contribution in [1.82, 2.24) is 4.90 Å². The van der Waals surface area contributed by atoms with Gasteiger partial charge in [-0.15, -0.1) is 0 Å². The number of halogens is 2. The first-order valence-electron chi connectivity index (χ1n) is 6.42. The summed E-state index contributed by atoms with van der Waals surface area (Å²) in [5.74, 6) is -1.23. The standard InChI is InChI=1S/C14H17ClFNO3/c1-17(9-14(19)5-7-20-8-6-14)13(18)10-3-2-4-11(15)12(10)16/h2-4,19H,5-9H2,1H3. The Hall–Kier alpha value is -1.17. The number of ether oxygens (including phenoxy) is 1. The zero-order chi connectivity index (χ0) is 14.8. The van der Waals surface area contributed by atoms with Crippen molar-refractivity contribution in [2.75, 3.05) is 26.8 Å². The number of nitrogens with zero attached hydrogens (tertiary/aromatic N) is 1. The molecule has 0 unspecified atom stereocenters. The van der Waals surface area contributed by atoms with Gasteiger partial charge in [0.1, 0.15) is 0 Å². The van der Waals surface area contributed by atoms with Crippen LogP contribution in [0.15, 0.2) is 18.2 Å². The molecule has 1 amide bonds. The van der Waals surface area contributed by atoms with Crippen molar-refractivity contribution in [3.05, 3.63) is 34.6 Å². The fourth-order valence-electron chi connectivity index (χ4n) is 2.30. The Morgan fingerprint density at radius 2 is 2.15 bits per heavy atom. The Morgan fingerprint density at radius 1 is 1.50 bits per heavy atom. The van der Waals surface area contributed by atoms with Gasteiger partial charge in [-0.1, -0.05) is 17.7 Å². The lowest BCUT2D eigenvalue weighted by molar-refractivity contribution is -0.0734. The van der Waals surface area contributed by atoms with Crippen molar-refractivity contribution >= 4 is 17.5 Å². The van der Waals surface area contributed by atoms with Crippen LogP contribution in [0.2, 0.25) is 5.02 Å². The minimum atomic E-state index is -0.974. The van der Waals surface area contributed by atoms with Crippen LogP contribution in [0, 0.1) is 5.82 Å². The number of amides is 1. The molecule has 0 aromatic heterocycles. The van der Waals surface area contributed by atoms with Crippen LogP contribution in [0.1, 0.15) is 23.2 Å². The fourth-order valence-corrected chi connectivity index (χ4v) is 2.47. The highest BCUT2D eigenvalue weighted by atomic mass is 35.5. The maximum Gasteiger partial charge on any atom is 0.256 e. The summed E-state index contributed by atoms with van der Waals surface area (Å²) in [6.45, 7) is 1.06. The normalized spacial score (nSPS) is 17.8. The quantitative estimate of drug-likeness (QED) is 0.930. The number of benzene rings is 1. The minimum Gasteiger partial charge on any atom is -0.388 e. The van der Waals surface area contributed by atoms with Gasteiger partial charge in [-0.2, -0.15) is 0 Å². The minimum absolute atomic E-state index is 0.0874. The Balaban J connectivity index is 2.10. The van der Waals surface area contributed by atoms with Crippen LogP contribution in [0.3, 0.4) is 0 Å². The smallest absolute Gasteiger partial charge is 0.256 e. The number of hydrogen-bond acceptors (Lipinski definition) is 3. The lowest BCUT2D eigenvalue weighted by Gasteiger charge is -2.35. The van der Waals surface area contributed by atoms with Crippen LogP contribution in [0.4, 0.5) is 4.39 Å². The van der Waals surface area contributed by atoms with Gasteiger partial charge in [0.15, 0.2) is 5.82 Å². The molecule has 6 heteroatoms. The first-order valence-corrected chi connectivity index (χ1v) is 6.80. The molecule has 0 aliphatic carbocycles. The predicted molar refractivity (Wildman–Crippen MR) is 73.4 cm³/mol. The predicted octanol–water partition coefficient (Wildman–Crippen LogP) is 2.09. The van der Waals surface area contributed by atoms with Gasteiger partial charge in [0.05, 0.1) is 16.2 Å². The lowest BCUT2D eigenvalue weighted by atomic mass is 9.93. The second-order valence-corrected chi connectivity index (χ2v) is 5.51. The molecule has 1 saturated heterocycles. The second-order valence-electron chi connectivity index (χ2n) is 5.10. The molecule has 0 atom stereocenters. The van der Waals surface area contributed by atoms with Crippen molar-refractivity contribution in [3.63, 3.8) is 0 Å². The van der Waals surface area contributed by atoms with Gasteiger partial charge in [0.2, 0.25) is 0 Å². The first kappa shape index (κ1) is 15.2. The van der Waals surface area contributed by atoms with Crippen LogP contribution >= 0.6 is 11.6 Å². The number of aliphatic hydroxyl groups is 1. The van der Waals surface area contributed by atoms with Crippen molar-refractivity contribution in [3.8, 4) is 0 Å². The van der Waals surface area contributed by atoms with Gasteiger partial charge >= 0.3 is 0 Å². The van der Waals surface area contributed by atoms with Crippen LogP contribution in [0.5, 0.6) is 0 Å².